The molecule has 0 saturated carbocycles. The Morgan fingerprint density at radius 3 is 2.59 bits per heavy atom. The summed E-state index contributed by atoms with van der Waals surface area (Å²) in [7, 11) is 1.89. The highest BCUT2D eigenvalue weighted by Crippen LogP contribution is 2.30. The lowest BCUT2D eigenvalue weighted by Gasteiger charge is -2.07. The van der Waals surface area contributed by atoms with E-state index in [-0.39, 0.29) is 12.4 Å². The summed E-state index contributed by atoms with van der Waals surface area (Å²) in [6, 6.07) is 7.26. The molecule has 0 atom stereocenters. The number of Topliss-reactive ketones (excluding diaryl/α,β-unsaturated/α-hetero) is 1. The topological polar surface area (TPSA) is 66.8 Å². The summed E-state index contributed by atoms with van der Waals surface area (Å²) in [4.78, 5) is 24.2. The fourth-order valence-electron chi connectivity index (χ4n) is 2.85. The Bertz CT molecular complexity index is 894. The molecule has 6 heteroatoms. The molecular formula is C21H23NO5. The van der Waals surface area contributed by atoms with Crippen molar-refractivity contribution in [1.29, 1.82) is 0 Å². The van der Waals surface area contributed by atoms with Gasteiger partial charge in [-0.3, -0.25) is 4.79 Å². The summed E-state index contributed by atoms with van der Waals surface area (Å²) in [5.74, 6) is 0.578. The second-order valence-electron chi connectivity index (χ2n) is 6.46. The quantitative estimate of drug-likeness (QED) is 0.460. The Hall–Kier alpha value is -3.02. The molecule has 0 radical (unpaired) electrons. The Balaban J connectivity index is 1.58. The minimum Gasteiger partial charge on any atom is -0.490 e. The highest BCUT2D eigenvalue weighted by atomic mass is 16.5. The number of carbonyl (C=O) groups excluding carboxylic acids is 2. The van der Waals surface area contributed by atoms with E-state index >= 15 is 0 Å². The van der Waals surface area contributed by atoms with Crippen LogP contribution in [0.2, 0.25) is 0 Å². The molecule has 0 spiro atoms. The number of hydrogen-bond donors (Lipinski definition) is 0. The van der Waals surface area contributed by atoms with Gasteiger partial charge in [0.25, 0.3) is 0 Å². The maximum absolute atomic E-state index is 12.3. The lowest BCUT2D eigenvalue weighted by molar-refractivity contribution is -0.136. The molecule has 1 aromatic carbocycles. The van der Waals surface area contributed by atoms with Gasteiger partial charge in [0.15, 0.2) is 18.1 Å². The number of rotatable bonds is 5. The van der Waals surface area contributed by atoms with Crippen molar-refractivity contribution in [2.24, 2.45) is 7.05 Å². The summed E-state index contributed by atoms with van der Waals surface area (Å²) in [5.41, 5.74) is 3.21. The molecule has 0 N–H and O–H groups in total. The van der Waals surface area contributed by atoms with Gasteiger partial charge in [0.2, 0.25) is 5.78 Å². The van der Waals surface area contributed by atoms with Crippen molar-refractivity contribution >= 4 is 17.8 Å². The van der Waals surface area contributed by atoms with Crippen molar-refractivity contribution in [2.45, 2.75) is 20.3 Å². The van der Waals surface area contributed by atoms with E-state index in [1.54, 1.807) is 12.1 Å². The first-order chi connectivity index (χ1) is 13.0. The Morgan fingerprint density at radius 1 is 1.15 bits per heavy atom. The molecule has 1 aromatic heterocycles. The molecular weight excluding hydrogens is 346 g/mol. The zero-order chi connectivity index (χ0) is 19.4. The number of ketones is 1. The van der Waals surface area contributed by atoms with Crippen molar-refractivity contribution in [2.75, 3.05) is 19.8 Å². The second kappa shape index (κ2) is 8.12. The second-order valence-corrected chi connectivity index (χ2v) is 6.46. The van der Waals surface area contributed by atoms with Crippen molar-refractivity contribution < 1.29 is 23.8 Å². The summed E-state index contributed by atoms with van der Waals surface area (Å²) in [5, 5.41) is 0. The number of benzene rings is 1. The third-order valence-electron chi connectivity index (χ3n) is 4.60. The third-order valence-corrected chi connectivity index (χ3v) is 4.60. The molecule has 6 nitrogen and oxygen atoms in total. The first kappa shape index (κ1) is 18.8. The predicted molar refractivity (Wildman–Crippen MR) is 101 cm³/mol. The maximum Gasteiger partial charge on any atom is 0.331 e. The first-order valence-corrected chi connectivity index (χ1v) is 8.86. The molecule has 0 aliphatic carbocycles. The fraction of sp³-hybridized carbons (Fsp3) is 0.333. The normalized spacial score (nSPS) is 13.4. The highest BCUT2D eigenvalue weighted by molar-refractivity contribution is 6.00. The van der Waals surface area contributed by atoms with Crippen LogP contribution in [0.5, 0.6) is 11.5 Å². The summed E-state index contributed by atoms with van der Waals surface area (Å²) in [6.07, 6.45) is 3.76. The van der Waals surface area contributed by atoms with E-state index in [2.05, 4.69) is 0 Å². The van der Waals surface area contributed by atoms with Gasteiger partial charge >= 0.3 is 5.97 Å². The number of nitrogens with zero attached hydrogens (tertiary/aromatic N) is 1. The van der Waals surface area contributed by atoms with E-state index in [1.165, 1.54) is 6.08 Å². The van der Waals surface area contributed by atoms with Gasteiger partial charge < -0.3 is 18.8 Å². The number of carbonyl (C=O) groups is 2. The van der Waals surface area contributed by atoms with Crippen molar-refractivity contribution in [3.8, 4) is 11.5 Å². The van der Waals surface area contributed by atoms with Crippen LogP contribution in [0.3, 0.4) is 0 Å². The van der Waals surface area contributed by atoms with Crippen LogP contribution >= 0.6 is 0 Å². The van der Waals surface area contributed by atoms with Gasteiger partial charge in [0, 0.05) is 36.5 Å². The Labute approximate surface area is 158 Å². The average Bonchev–Trinajstić information content (AvgIpc) is 2.84. The van der Waals surface area contributed by atoms with Crippen LogP contribution in [0, 0.1) is 13.8 Å². The van der Waals surface area contributed by atoms with Gasteiger partial charge in [-0.1, -0.05) is 6.07 Å². The van der Waals surface area contributed by atoms with E-state index in [0.717, 1.165) is 23.4 Å². The van der Waals surface area contributed by atoms with Crippen LogP contribution in [0.25, 0.3) is 6.08 Å². The minimum absolute atomic E-state index is 0.214. The lowest BCUT2D eigenvalue weighted by Crippen LogP contribution is -2.13. The summed E-state index contributed by atoms with van der Waals surface area (Å²) >= 11 is 0. The molecule has 27 heavy (non-hydrogen) atoms. The van der Waals surface area contributed by atoms with Gasteiger partial charge in [0.1, 0.15) is 0 Å². The lowest BCUT2D eigenvalue weighted by atomic mass is 10.1. The van der Waals surface area contributed by atoms with Crippen LogP contribution < -0.4 is 9.47 Å². The molecule has 0 unspecified atom stereocenters. The summed E-state index contributed by atoms with van der Waals surface area (Å²) < 4.78 is 18.2. The zero-order valence-corrected chi connectivity index (χ0v) is 15.8. The van der Waals surface area contributed by atoms with E-state index < -0.39 is 5.97 Å². The van der Waals surface area contributed by atoms with Gasteiger partial charge in [-0.25, -0.2) is 4.79 Å². The molecule has 0 bridgehead atoms. The standard InChI is InChI=1S/C21H23NO5/c1-14-11-17(15(2)22(14)3)18(23)13-27-21(24)8-6-16-5-7-19-20(12-16)26-10-4-9-25-19/h5-8,11-12H,4,9-10,13H2,1-3H3/b8-6+. The molecule has 2 heterocycles. The predicted octanol–water partition coefficient (Wildman–Crippen LogP) is 3.24. The Morgan fingerprint density at radius 2 is 1.89 bits per heavy atom. The van der Waals surface area contributed by atoms with Crippen molar-refractivity contribution in [3.63, 3.8) is 0 Å². The SMILES string of the molecule is Cc1cc(C(=O)COC(=O)/C=C/c2ccc3c(c2)OCCCO3)c(C)n1C. The van der Waals surface area contributed by atoms with Gasteiger partial charge in [-0.2, -0.15) is 0 Å². The van der Waals surface area contributed by atoms with Crippen LogP contribution in [-0.4, -0.2) is 36.1 Å². The highest BCUT2D eigenvalue weighted by Gasteiger charge is 2.15. The van der Waals surface area contributed by atoms with Crippen LogP contribution in [0.4, 0.5) is 0 Å². The molecule has 0 fully saturated rings. The number of ether oxygens (including phenoxy) is 3. The molecule has 1 aliphatic rings. The number of aryl methyl sites for hydroxylation is 1. The van der Waals surface area contributed by atoms with Crippen LogP contribution in [0.15, 0.2) is 30.3 Å². The van der Waals surface area contributed by atoms with Gasteiger partial charge in [-0.15, -0.1) is 0 Å². The number of fused-ring (bicyclic) bond motifs is 1. The monoisotopic (exact) mass is 369 g/mol. The third kappa shape index (κ3) is 4.39. The fourth-order valence-corrected chi connectivity index (χ4v) is 2.85. The van der Waals surface area contributed by atoms with Crippen LogP contribution in [0.1, 0.15) is 33.7 Å². The number of esters is 1. The smallest absolute Gasteiger partial charge is 0.331 e. The van der Waals surface area contributed by atoms with Gasteiger partial charge in [-0.05, 0) is 43.7 Å². The molecule has 142 valence electrons. The van der Waals surface area contributed by atoms with Gasteiger partial charge in [0.05, 0.1) is 13.2 Å². The van der Waals surface area contributed by atoms with E-state index in [0.29, 0.717) is 30.3 Å². The maximum atomic E-state index is 12.3. The molecule has 1 aliphatic heterocycles. The van der Waals surface area contributed by atoms with E-state index in [4.69, 9.17) is 14.2 Å². The molecule has 3 rings (SSSR count). The molecule has 0 amide bonds. The minimum atomic E-state index is -0.569. The zero-order valence-electron chi connectivity index (χ0n) is 15.8. The van der Waals surface area contributed by atoms with E-state index in [1.807, 2.05) is 43.7 Å². The van der Waals surface area contributed by atoms with E-state index in [9.17, 15) is 9.59 Å². The molecule has 0 saturated heterocycles. The van der Waals surface area contributed by atoms with Crippen molar-refractivity contribution in [3.05, 3.63) is 52.9 Å². The Kier molecular flexibility index (Phi) is 5.64. The first-order valence-electron chi connectivity index (χ1n) is 8.86. The number of aromatic nitrogens is 1. The summed E-state index contributed by atoms with van der Waals surface area (Å²) in [6.45, 7) is 4.74. The van der Waals surface area contributed by atoms with Crippen LogP contribution in [-0.2, 0) is 16.6 Å². The molecule has 2 aromatic rings. The average molecular weight is 369 g/mol. The van der Waals surface area contributed by atoms with Crippen molar-refractivity contribution in [1.82, 2.24) is 4.57 Å². The largest absolute Gasteiger partial charge is 0.490 e. The number of hydrogen-bond acceptors (Lipinski definition) is 5.